The second-order valence-corrected chi connectivity index (χ2v) is 8.77. The normalized spacial score (nSPS) is 22.0. The Morgan fingerprint density at radius 3 is 2.71 bits per heavy atom. The number of morpholine rings is 1. The van der Waals surface area contributed by atoms with Crippen molar-refractivity contribution in [2.75, 3.05) is 31.1 Å². The molecular weight excluding hydrogens is 414 g/mol. The van der Waals surface area contributed by atoms with Crippen LogP contribution in [0.1, 0.15) is 24.5 Å². The Kier molecular flexibility index (Phi) is 6.90. The molecule has 31 heavy (non-hydrogen) atoms. The Balaban J connectivity index is 1.30. The first-order valence-electron chi connectivity index (χ1n) is 10.7. The van der Waals surface area contributed by atoms with Gasteiger partial charge in [-0.3, -0.25) is 14.5 Å². The molecule has 2 aromatic rings. The van der Waals surface area contributed by atoms with Gasteiger partial charge < -0.3 is 15.0 Å². The lowest BCUT2D eigenvalue weighted by atomic mass is 10.1. The summed E-state index contributed by atoms with van der Waals surface area (Å²) in [6.07, 6.45) is 0.488. The Bertz CT molecular complexity index is 934. The van der Waals surface area contributed by atoms with Crippen molar-refractivity contribution in [1.29, 1.82) is 0 Å². The second kappa shape index (κ2) is 9.81. The van der Waals surface area contributed by atoms with Gasteiger partial charge in [0, 0.05) is 49.9 Å². The topological polar surface area (TPSA) is 61.9 Å². The Hall–Kier alpha value is -2.41. The van der Waals surface area contributed by atoms with E-state index >= 15 is 0 Å². The van der Waals surface area contributed by atoms with Crippen LogP contribution >= 0.6 is 11.6 Å². The first-order valence-corrected chi connectivity index (χ1v) is 11.1. The molecule has 2 aliphatic rings. The summed E-state index contributed by atoms with van der Waals surface area (Å²) in [6.45, 7) is 6.46. The highest BCUT2D eigenvalue weighted by molar-refractivity contribution is 6.30. The van der Waals surface area contributed by atoms with Gasteiger partial charge >= 0.3 is 0 Å². The summed E-state index contributed by atoms with van der Waals surface area (Å²) in [6, 6.07) is 15.4. The number of carbonyl (C=O) groups is 2. The molecule has 4 rings (SSSR count). The summed E-state index contributed by atoms with van der Waals surface area (Å²) in [5.74, 6) is -0.470. The lowest BCUT2D eigenvalue weighted by Crippen LogP contribution is -2.40. The van der Waals surface area contributed by atoms with Crippen LogP contribution in [0.2, 0.25) is 5.02 Å². The zero-order valence-electron chi connectivity index (χ0n) is 17.7. The monoisotopic (exact) mass is 441 g/mol. The molecule has 6 nitrogen and oxygen atoms in total. The summed E-state index contributed by atoms with van der Waals surface area (Å²) in [4.78, 5) is 29.2. The van der Waals surface area contributed by atoms with Crippen molar-refractivity contribution >= 4 is 29.1 Å². The first kappa shape index (κ1) is 21.8. The number of anilines is 1. The van der Waals surface area contributed by atoms with Gasteiger partial charge in [0.05, 0.1) is 18.6 Å². The predicted molar refractivity (Wildman–Crippen MR) is 121 cm³/mol. The smallest absolute Gasteiger partial charge is 0.227 e. The maximum atomic E-state index is 12.7. The van der Waals surface area contributed by atoms with Crippen LogP contribution in [0.5, 0.6) is 0 Å². The zero-order chi connectivity index (χ0) is 21.8. The zero-order valence-corrected chi connectivity index (χ0v) is 18.5. The molecule has 2 fully saturated rings. The van der Waals surface area contributed by atoms with E-state index in [0.29, 0.717) is 18.1 Å². The Morgan fingerprint density at radius 2 is 1.94 bits per heavy atom. The number of nitrogens with one attached hydrogen (secondary N) is 1. The van der Waals surface area contributed by atoms with Crippen LogP contribution < -0.4 is 10.2 Å². The van der Waals surface area contributed by atoms with Gasteiger partial charge in [0.1, 0.15) is 0 Å². The molecule has 164 valence electrons. The van der Waals surface area contributed by atoms with Crippen LogP contribution in [0.15, 0.2) is 48.5 Å². The Labute approximate surface area is 188 Å². The molecule has 0 spiro atoms. The van der Waals surface area contributed by atoms with Crippen LogP contribution in [-0.2, 0) is 27.4 Å². The lowest BCUT2D eigenvalue weighted by Gasteiger charge is -2.31. The van der Waals surface area contributed by atoms with Crippen LogP contribution in [0, 0.1) is 5.92 Å². The van der Waals surface area contributed by atoms with E-state index in [1.807, 2.05) is 12.1 Å². The molecule has 1 N–H and O–H groups in total. The van der Waals surface area contributed by atoms with Gasteiger partial charge in [-0.15, -0.1) is 0 Å². The van der Waals surface area contributed by atoms with Crippen LogP contribution in [0.4, 0.5) is 5.69 Å². The van der Waals surface area contributed by atoms with E-state index in [0.717, 1.165) is 37.5 Å². The molecule has 2 atom stereocenters. The highest BCUT2D eigenvalue weighted by Crippen LogP contribution is 2.26. The fourth-order valence-electron chi connectivity index (χ4n) is 4.22. The summed E-state index contributed by atoms with van der Waals surface area (Å²) in [5.41, 5.74) is 3.06. The van der Waals surface area contributed by atoms with Gasteiger partial charge in [0.2, 0.25) is 11.8 Å². The molecular formula is C24H28ClN3O3. The van der Waals surface area contributed by atoms with Crippen molar-refractivity contribution in [3.63, 3.8) is 0 Å². The first-order chi connectivity index (χ1) is 15.0. The largest absolute Gasteiger partial charge is 0.376 e. The third-order valence-corrected chi connectivity index (χ3v) is 6.08. The minimum Gasteiger partial charge on any atom is -0.376 e. The standard InChI is InChI=1S/C24H28ClN3O3/c1-17-14-27(9-10-31-17)15-19-4-2-3-18(11-19)13-26-24(30)20-12-23(29)28(16-20)22-7-5-21(25)6-8-22/h2-8,11,17,20H,9-10,12-16H2,1H3,(H,26,30). The molecule has 2 amide bonds. The molecule has 0 bridgehead atoms. The fourth-order valence-corrected chi connectivity index (χ4v) is 4.34. The van der Waals surface area contributed by atoms with Gasteiger partial charge in [-0.1, -0.05) is 35.9 Å². The van der Waals surface area contributed by atoms with Crippen molar-refractivity contribution in [2.24, 2.45) is 5.92 Å². The minimum absolute atomic E-state index is 0.0378. The van der Waals surface area contributed by atoms with Gasteiger partial charge in [0.25, 0.3) is 0 Å². The highest BCUT2D eigenvalue weighted by atomic mass is 35.5. The predicted octanol–water partition coefficient (Wildman–Crippen LogP) is 3.23. The van der Waals surface area contributed by atoms with Crippen molar-refractivity contribution in [1.82, 2.24) is 10.2 Å². The molecule has 0 radical (unpaired) electrons. The quantitative estimate of drug-likeness (QED) is 0.747. The maximum Gasteiger partial charge on any atom is 0.227 e. The third-order valence-electron chi connectivity index (χ3n) is 5.82. The molecule has 0 saturated carbocycles. The number of hydrogen-bond donors (Lipinski definition) is 1. The molecule has 2 aromatic carbocycles. The number of halogens is 1. The summed E-state index contributed by atoms with van der Waals surface area (Å²) in [7, 11) is 0. The molecule has 0 aliphatic carbocycles. The van der Waals surface area contributed by atoms with Crippen molar-refractivity contribution < 1.29 is 14.3 Å². The average molecular weight is 442 g/mol. The Morgan fingerprint density at radius 1 is 1.16 bits per heavy atom. The van der Waals surface area contributed by atoms with Crippen LogP contribution in [0.25, 0.3) is 0 Å². The summed E-state index contributed by atoms with van der Waals surface area (Å²) < 4.78 is 5.61. The van der Waals surface area contributed by atoms with Gasteiger partial charge in [0.15, 0.2) is 0 Å². The highest BCUT2D eigenvalue weighted by Gasteiger charge is 2.35. The van der Waals surface area contributed by atoms with Crippen LogP contribution in [-0.4, -0.2) is 49.1 Å². The van der Waals surface area contributed by atoms with Crippen molar-refractivity contribution in [3.8, 4) is 0 Å². The van der Waals surface area contributed by atoms with Crippen molar-refractivity contribution in [3.05, 3.63) is 64.7 Å². The average Bonchev–Trinajstić information content (AvgIpc) is 3.15. The van der Waals surface area contributed by atoms with E-state index in [1.54, 1.807) is 29.2 Å². The number of nitrogens with zero attached hydrogens (tertiary/aromatic N) is 2. The SMILES string of the molecule is CC1CN(Cc2cccc(CNC(=O)C3CC(=O)N(c4ccc(Cl)cc4)C3)c2)CCO1. The third kappa shape index (κ3) is 5.64. The molecule has 7 heteroatoms. The number of amides is 2. The minimum atomic E-state index is -0.346. The number of ether oxygens (including phenoxy) is 1. The molecule has 0 aromatic heterocycles. The maximum absolute atomic E-state index is 12.7. The van der Waals surface area contributed by atoms with E-state index in [2.05, 4.69) is 29.3 Å². The van der Waals surface area contributed by atoms with E-state index in [1.165, 1.54) is 5.56 Å². The molecule has 2 aliphatic heterocycles. The van der Waals surface area contributed by atoms with Gasteiger partial charge in [-0.05, 0) is 42.3 Å². The molecule has 2 saturated heterocycles. The van der Waals surface area contributed by atoms with Gasteiger partial charge in [-0.2, -0.15) is 0 Å². The van der Waals surface area contributed by atoms with Gasteiger partial charge in [-0.25, -0.2) is 0 Å². The molecule has 2 heterocycles. The summed E-state index contributed by atoms with van der Waals surface area (Å²) >= 11 is 5.93. The van der Waals surface area contributed by atoms with E-state index < -0.39 is 0 Å². The molecule has 2 unspecified atom stereocenters. The lowest BCUT2D eigenvalue weighted by molar-refractivity contribution is -0.126. The van der Waals surface area contributed by atoms with E-state index in [-0.39, 0.29) is 30.3 Å². The number of carbonyl (C=O) groups excluding carboxylic acids is 2. The van der Waals surface area contributed by atoms with E-state index in [9.17, 15) is 9.59 Å². The number of benzene rings is 2. The second-order valence-electron chi connectivity index (χ2n) is 8.34. The fraction of sp³-hybridized carbons (Fsp3) is 0.417. The number of hydrogen-bond acceptors (Lipinski definition) is 4. The number of rotatable bonds is 6. The van der Waals surface area contributed by atoms with Crippen molar-refractivity contribution in [2.45, 2.75) is 32.5 Å². The summed E-state index contributed by atoms with van der Waals surface area (Å²) in [5, 5.41) is 3.63. The van der Waals surface area contributed by atoms with E-state index in [4.69, 9.17) is 16.3 Å². The van der Waals surface area contributed by atoms with Crippen LogP contribution in [0.3, 0.4) is 0 Å².